The normalized spacial score (nSPS) is 15.9. The number of nitrogens with zero attached hydrogens (tertiary/aromatic N) is 4. The second-order valence-corrected chi connectivity index (χ2v) is 6.70. The Morgan fingerprint density at radius 2 is 2.08 bits per heavy atom. The predicted octanol–water partition coefficient (Wildman–Crippen LogP) is 1.51. The SMILES string of the molecule is Cc1cc(NC(=O)C(C)N2CCc3nn(C(C)C)c(=O)cc3C2)no1. The molecule has 1 N–H and O–H groups in total. The van der Waals surface area contributed by atoms with E-state index in [1.165, 1.54) is 4.68 Å². The van der Waals surface area contributed by atoms with Crippen LogP contribution in [0.25, 0.3) is 0 Å². The average molecular weight is 345 g/mol. The Balaban J connectivity index is 1.72. The molecule has 8 heteroatoms. The number of aromatic nitrogens is 3. The summed E-state index contributed by atoms with van der Waals surface area (Å²) >= 11 is 0. The van der Waals surface area contributed by atoms with Crippen molar-refractivity contribution in [3.8, 4) is 0 Å². The van der Waals surface area contributed by atoms with Gasteiger partial charge >= 0.3 is 0 Å². The molecule has 0 aliphatic carbocycles. The van der Waals surface area contributed by atoms with Crippen molar-refractivity contribution in [3.63, 3.8) is 0 Å². The monoisotopic (exact) mass is 345 g/mol. The Morgan fingerprint density at radius 3 is 2.72 bits per heavy atom. The van der Waals surface area contributed by atoms with Crippen LogP contribution < -0.4 is 10.9 Å². The number of amides is 1. The fraction of sp³-hybridized carbons (Fsp3) is 0.529. The van der Waals surface area contributed by atoms with Crippen molar-refractivity contribution in [2.75, 3.05) is 11.9 Å². The summed E-state index contributed by atoms with van der Waals surface area (Å²) in [6.45, 7) is 8.73. The predicted molar refractivity (Wildman–Crippen MR) is 92.3 cm³/mol. The van der Waals surface area contributed by atoms with Gasteiger partial charge in [0.25, 0.3) is 5.56 Å². The minimum Gasteiger partial charge on any atom is -0.360 e. The number of fused-ring (bicyclic) bond motifs is 1. The number of aryl methyl sites for hydroxylation is 1. The molecular weight excluding hydrogens is 322 g/mol. The van der Waals surface area contributed by atoms with Crippen molar-refractivity contribution in [3.05, 3.63) is 39.5 Å². The molecular formula is C17H23N5O3. The molecule has 134 valence electrons. The molecule has 1 atom stereocenters. The Bertz CT molecular complexity index is 839. The highest BCUT2D eigenvalue weighted by Gasteiger charge is 2.27. The molecule has 0 saturated carbocycles. The van der Waals surface area contributed by atoms with Crippen LogP contribution in [0, 0.1) is 6.92 Å². The molecule has 1 amide bonds. The number of carbonyl (C=O) groups is 1. The molecule has 25 heavy (non-hydrogen) atoms. The van der Waals surface area contributed by atoms with Crippen LogP contribution in [0.4, 0.5) is 5.82 Å². The van der Waals surface area contributed by atoms with Gasteiger partial charge < -0.3 is 9.84 Å². The number of hydrogen-bond donors (Lipinski definition) is 1. The van der Waals surface area contributed by atoms with Crippen LogP contribution in [0.15, 0.2) is 21.5 Å². The van der Waals surface area contributed by atoms with Gasteiger partial charge in [0.15, 0.2) is 5.82 Å². The van der Waals surface area contributed by atoms with Crippen molar-refractivity contribution in [2.24, 2.45) is 0 Å². The van der Waals surface area contributed by atoms with E-state index < -0.39 is 0 Å². The van der Waals surface area contributed by atoms with Gasteiger partial charge in [-0.15, -0.1) is 0 Å². The van der Waals surface area contributed by atoms with Crippen molar-refractivity contribution in [2.45, 2.75) is 52.7 Å². The summed E-state index contributed by atoms with van der Waals surface area (Å²) in [7, 11) is 0. The first-order chi connectivity index (χ1) is 11.8. The van der Waals surface area contributed by atoms with E-state index in [0.29, 0.717) is 31.1 Å². The van der Waals surface area contributed by atoms with E-state index in [1.54, 1.807) is 19.1 Å². The molecule has 0 saturated heterocycles. The third-order valence-electron chi connectivity index (χ3n) is 4.43. The van der Waals surface area contributed by atoms with Crippen LogP contribution in [-0.2, 0) is 17.8 Å². The molecule has 0 bridgehead atoms. The van der Waals surface area contributed by atoms with E-state index in [-0.39, 0.29) is 23.6 Å². The molecule has 1 unspecified atom stereocenters. The van der Waals surface area contributed by atoms with Crippen LogP contribution in [0.5, 0.6) is 0 Å². The number of rotatable bonds is 4. The zero-order valence-electron chi connectivity index (χ0n) is 14.9. The van der Waals surface area contributed by atoms with E-state index >= 15 is 0 Å². The van der Waals surface area contributed by atoms with Crippen LogP contribution >= 0.6 is 0 Å². The topological polar surface area (TPSA) is 93.3 Å². The highest BCUT2D eigenvalue weighted by Crippen LogP contribution is 2.19. The molecule has 3 rings (SSSR count). The zero-order chi connectivity index (χ0) is 18.1. The van der Waals surface area contributed by atoms with Gasteiger partial charge in [-0.05, 0) is 33.3 Å². The first-order valence-corrected chi connectivity index (χ1v) is 8.45. The summed E-state index contributed by atoms with van der Waals surface area (Å²) in [5.74, 6) is 0.899. The summed E-state index contributed by atoms with van der Waals surface area (Å²) in [5.41, 5.74) is 1.72. The van der Waals surface area contributed by atoms with Gasteiger partial charge in [0, 0.05) is 31.6 Å². The quantitative estimate of drug-likeness (QED) is 0.903. The number of anilines is 1. The van der Waals surface area contributed by atoms with Crippen molar-refractivity contribution in [1.29, 1.82) is 0 Å². The van der Waals surface area contributed by atoms with E-state index in [2.05, 4.69) is 15.6 Å². The Labute approximate surface area is 145 Å². The van der Waals surface area contributed by atoms with Gasteiger partial charge in [-0.25, -0.2) is 4.68 Å². The number of hydrogen-bond acceptors (Lipinski definition) is 6. The number of carbonyl (C=O) groups excluding carboxylic acids is 1. The molecule has 0 aromatic carbocycles. The fourth-order valence-corrected chi connectivity index (χ4v) is 2.96. The summed E-state index contributed by atoms with van der Waals surface area (Å²) in [6, 6.07) is 3.00. The molecule has 0 fully saturated rings. The lowest BCUT2D eigenvalue weighted by Crippen LogP contribution is -2.45. The van der Waals surface area contributed by atoms with Gasteiger partial charge in [0.1, 0.15) is 5.76 Å². The molecule has 3 heterocycles. The van der Waals surface area contributed by atoms with Gasteiger partial charge in [-0.3, -0.25) is 14.5 Å². The van der Waals surface area contributed by atoms with Crippen molar-refractivity contribution < 1.29 is 9.32 Å². The average Bonchev–Trinajstić information content (AvgIpc) is 2.97. The Kier molecular flexibility index (Phi) is 4.71. The third-order valence-corrected chi connectivity index (χ3v) is 4.43. The van der Waals surface area contributed by atoms with Crippen LogP contribution in [0.1, 0.15) is 43.8 Å². The molecule has 0 radical (unpaired) electrons. The molecule has 0 spiro atoms. The van der Waals surface area contributed by atoms with Crippen molar-refractivity contribution >= 4 is 11.7 Å². The van der Waals surface area contributed by atoms with E-state index in [4.69, 9.17) is 4.52 Å². The first kappa shape index (κ1) is 17.3. The molecule has 1 aliphatic rings. The van der Waals surface area contributed by atoms with E-state index in [0.717, 1.165) is 11.3 Å². The lowest BCUT2D eigenvalue weighted by Gasteiger charge is -2.32. The van der Waals surface area contributed by atoms with Gasteiger partial charge in [0.2, 0.25) is 5.91 Å². The summed E-state index contributed by atoms with van der Waals surface area (Å²) in [4.78, 5) is 26.6. The van der Waals surface area contributed by atoms with E-state index in [9.17, 15) is 9.59 Å². The molecule has 8 nitrogen and oxygen atoms in total. The number of nitrogens with one attached hydrogen (secondary N) is 1. The fourth-order valence-electron chi connectivity index (χ4n) is 2.96. The second-order valence-electron chi connectivity index (χ2n) is 6.70. The lowest BCUT2D eigenvalue weighted by atomic mass is 10.0. The van der Waals surface area contributed by atoms with Crippen LogP contribution in [0.3, 0.4) is 0 Å². The first-order valence-electron chi connectivity index (χ1n) is 8.45. The standard InChI is InChI=1S/C17H23N5O3/c1-10(2)22-16(23)8-13-9-21(6-5-14(13)19-22)12(4)17(24)18-15-7-11(3)25-20-15/h7-8,10,12H,5-6,9H2,1-4H3,(H,18,20,24). The third kappa shape index (κ3) is 3.63. The molecule has 2 aromatic rings. The minimum atomic E-state index is -0.349. The Morgan fingerprint density at radius 1 is 1.32 bits per heavy atom. The second kappa shape index (κ2) is 6.79. The maximum absolute atomic E-state index is 12.4. The smallest absolute Gasteiger partial charge is 0.267 e. The van der Waals surface area contributed by atoms with E-state index in [1.807, 2.05) is 25.7 Å². The van der Waals surface area contributed by atoms with Crippen LogP contribution in [-0.4, -0.2) is 38.3 Å². The van der Waals surface area contributed by atoms with Crippen LogP contribution in [0.2, 0.25) is 0 Å². The van der Waals surface area contributed by atoms with Gasteiger partial charge in [0.05, 0.1) is 17.8 Å². The molecule has 1 aliphatic heterocycles. The maximum atomic E-state index is 12.4. The largest absolute Gasteiger partial charge is 0.360 e. The zero-order valence-corrected chi connectivity index (χ0v) is 14.9. The van der Waals surface area contributed by atoms with Gasteiger partial charge in [-0.2, -0.15) is 5.10 Å². The van der Waals surface area contributed by atoms with Gasteiger partial charge in [-0.1, -0.05) is 5.16 Å². The maximum Gasteiger partial charge on any atom is 0.267 e. The summed E-state index contributed by atoms with van der Waals surface area (Å²) in [5, 5.41) is 11.0. The van der Waals surface area contributed by atoms with Crippen molar-refractivity contribution in [1.82, 2.24) is 19.8 Å². The minimum absolute atomic E-state index is 0.0337. The lowest BCUT2D eigenvalue weighted by molar-refractivity contribution is -0.121. The highest BCUT2D eigenvalue weighted by molar-refractivity contribution is 5.93. The molecule has 2 aromatic heterocycles. The summed E-state index contributed by atoms with van der Waals surface area (Å²) < 4.78 is 6.47. The highest BCUT2D eigenvalue weighted by atomic mass is 16.5. The Hall–Kier alpha value is -2.48. The summed E-state index contributed by atoms with van der Waals surface area (Å²) in [6.07, 6.45) is 0.711.